The third-order valence-corrected chi connectivity index (χ3v) is 3.80. The number of carbonyl (C=O) groups excluding carboxylic acids is 1. The first-order chi connectivity index (χ1) is 9.84. The number of rotatable bonds is 4. The maximum Gasteiger partial charge on any atom is 0.261 e. The molecule has 0 aliphatic rings. The van der Waals surface area contributed by atoms with Gasteiger partial charge in [0.15, 0.2) is 0 Å². The van der Waals surface area contributed by atoms with Gasteiger partial charge in [0.05, 0.1) is 10.6 Å². The minimum absolute atomic E-state index is 0.0460. The van der Waals surface area contributed by atoms with E-state index in [0.29, 0.717) is 6.54 Å². The van der Waals surface area contributed by atoms with Gasteiger partial charge in [0.1, 0.15) is 0 Å². The summed E-state index contributed by atoms with van der Waals surface area (Å²) in [6.07, 6.45) is 3.63. The monoisotopic (exact) mass is 283 g/mol. The second-order valence-corrected chi connectivity index (χ2v) is 5.19. The first-order valence-corrected chi connectivity index (χ1v) is 7.12. The van der Waals surface area contributed by atoms with Crippen LogP contribution in [-0.4, -0.2) is 15.7 Å². The molecule has 0 aliphatic heterocycles. The van der Waals surface area contributed by atoms with Gasteiger partial charge in [0.2, 0.25) is 0 Å². The molecule has 4 nitrogen and oxygen atoms in total. The molecule has 0 unspecified atom stereocenters. The van der Waals surface area contributed by atoms with Crippen molar-refractivity contribution in [2.75, 3.05) is 0 Å². The Hall–Kier alpha value is -2.40. The van der Waals surface area contributed by atoms with E-state index in [-0.39, 0.29) is 5.91 Å². The molecule has 0 radical (unpaired) electrons. The number of hydrogen-bond acceptors (Lipinski definition) is 3. The van der Waals surface area contributed by atoms with Crippen LogP contribution in [0.15, 0.2) is 60.2 Å². The van der Waals surface area contributed by atoms with E-state index < -0.39 is 0 Å². The van der Waals surface area contributed by atoms with Crippen LogP contribution in [0.25, 0.3) is 5.69 Å². The van der Waals surface area contributed by atoms with Gasteiger partial charge in [-0.3, -0.25) is 4.79 Å². The van der Waals surface area contributed by atoms with Crippen LogP contribution >= 0.6 is 11.3 Å². The van der Waals surface area contributed by atoms with E-state index in [4.69, 9.17) is 0 Å². The lowest BCUT2D eigenvalue weighted by atomic mass is 10.2. The van der Waals surface area contributed by atoms with E-state index in [9.17, 15) is 4.79 Å². The molecular formula is C15H13N3OS. The van der Waals surface area contributed by atoms with E-state index >= 15 is 0 Å². The first-order valence-electron chi connectivity index (χ1n) is 6.24. The summed E-state index contributed by atoms with van der Waals surface area (Å²) in [5, 5.41) is 9.06. The zero-order valence-corrected chi connectivity index (χ0v) is 11.5. The molecule has 0 bridgehead atoms. The molecule has 100 valence electrons. The van der Waals surface area contributed by atoms with Crippen LogP contribution in [0, 0.1) is 0 Å². The van der Waals surface area contributed by atoms with Crippen LogP contribution in [0.5, 0.6) is 0 Å². The average molecular weight is 283 g/mol. The lowest BCUT2D eigenvalue weighted by molar-refractivity contribution is 0.0955. The molecular weight excluding hydrogens is 270 g/mol. The van der Waals surface area contributed by atoms with Crippen molar-refractivity contribution in [3.05, 3.63) is 70.7 Å². The number of amides is 1. The summed E-state index contributed by atoms with van der Waals surface area (Å²) in [5.74, 6) is -0.0460. The molecule has 3 rings (SSSR count). The summed E-state index contributed by atoms with van der Waals surface area (Å²) in [6, 6.07) is 13.5. The highest BCUT2D eigenvalue weighted by molar-refractivity contribution is 7.12. The molecule has 1 amide bonds. The van der Waals surface area contributed by atoms with Crippen LogP contribution in [0.4, 0.5) is 0 Å². The highest BCUT2D eigenvalue weighted by Gasteiger charge is 2.08. The van der Waals surface area contributed by atoms with Crippen molar-refractivity contribution < 1.29 is 4.79 Å². The number of aromatic nitrogens is 2. The standard InChI is InChI=1S/C15H13N3OS/c19-15(14-7-3-10-20-14)16-11-12-5-1-2-6-13(12)18-9-4-8-17-18/h1-10H,11H2,(H,16,19). The molecule has 2 aromatic heterocycles. The molecule has 0 fully saturated rings. The maximum atomic E-state index is 12.0. The molecule has 1 N–H and O–H groups in total. The largest absolute Gasteiger partial charge is 0.347 e. The molecule has 2 heterocycles. The van der Waals surface area contributed by atoms with E-state index in [1.165, 1.54) is 11.3 Å². The van der Waals surface area contributed by atoms with Gasteiger partial charge < -0.3 is 5.32 Å². The van der Waals surface area contributed by atoms with Crippen LogP contribution in [0.1, 0.15) is 15.2 Å². The van der Waals surface area contributed by atoms with E-state index in [1.807, 2.05) is 54.0 Å². The lowest BCUT2D eigenvalue weighted by Crippen LogP contribution is -2.22. The van der Waals surface area contributed by atoms with Gasteiger partial charge in [0, 0.05) is 18.9 Å². The van der Waals surface area contributed by atoms with Crippen molar-refractivity contribution in [1.82, 2.24) is 15.1 Å². The Bertz CT molecular complexity index is 690. The Morgan fingerprint density at radius 3 is 2.85 bits per heavy atom. The van der Waals surface area contributed by atoms with Gasteiger partial charge in [-0.1, -0.05) is 24.3 Å². The third-order valence-electron chi connectivity index (χ3n) is 2.93. The van der Waals surface area contributed by atoms with Crippen LogP contribution in [-0.2, 0) is 6.54 Å². The van der Waals surface area contributed by atoms with Crippen molar-refractivity contribution >= 4 is 17.2 Å². The SMILES string of the molecule is O=C(NCc1ccccc1-n1cccn1)c1cccs1. The molecule has 5 heteroatoms. The van der Waals surface area contributed by atoms with Gasteiger partial charge in [-0.2, -0.15) is 5.10 Å². The topological polar surface area (TPSA) is 46.9 Å². The Morgan fingerprint density at radius 2 is 2.10 bits per heavy atom. The molecule has 3 aromatic rings. The number of thiophene rings is 1. The van der Waals surface area contributed by atoms with E-state index in [0.717, 1.165) is 16.1 Å². The summed E-state index contributed by atoms with van der Waals surface area (Å²) in [5.41, 5.74) is 2.00. The lowest BCUT2D eigenvalue weighted by Gasteiger charge is -2.10. The number of hydrogen-bond donors (Lipinski definition) is 1. The predicted molar refractivity (Wildman–Crippen MR) is 79.1 cm³/mol. The molecule has 0 aliphatic carbocycles. The van der Waals surface area contributed by atoms with Gasteiger partial charge in [-0.15, -0.1) is 11.3 Å². The third kappa shape index (κ3) is 2.62. The summed E-state index contributed by atoms with van der Waals surface area (Å²) in [4.78, 5) is 12.7. The highest BCUT2D eigenvalue weighted by atomic mass is 32.1. The Kier molecular flexibility index (Phi) is 3.60. The second-order valence-electron chi connectivity index (χ2n) is 4.24. The number of nitrogens with one attached hydrogen (secondary N) is 1. The zero-order valence-electron chi connectivity index (χ0n) is 10.7. The molecule has 1 aromatic carbocycles. The smallest absolute Gasteiger partial charge is 0.261 e. The number of para-hydroxylation sites is 1. The van der Waals surface area contributed by atoms with Crippen molar-refractivity contribution in [2.45, 2.75) is 6.54 Å². The van der Waals surface area contributed by atoms with Crippen molar-refractivity contribution in [3.63, 3.8) is 0 Å². The Labute approximate surface area is 120 Å². The summed E-state index contributed by atoms with van der Waals surface area (Å²) in [6.45, 7) is 0.479. The Balaban J connectivity index is 1.77. The molecule has 0 saturated carbocycles. The maximum absolute atomic E-state index is 12.0. The fourth-order valence-corrected chi connectivity index (χ4v) is 2.61. The molecule has 20 heavy (non-hydrogen) atoms. The molecule has 0 saturated heterocycles. The van der Waals surface area contributed by atoms with Crippen molar-refractivity contribution in [2.24, 2.45) is 0 Å². The summed E-state index contributed by atoms with van der Waals surface area (Å²) in [7, 11) is 0. The predicted octanol–water partition coefficient (Wildman–Crippen LogP) is 2.86. The number of carbonyl (C=O) groups is 1. The average Bonchev–Trinajstić information content (AvgIpc) is 3.17. The van der Waals surface area contributed by atoms with Crippen LogP contribution in [0.3, 0.4) is 0 Å². The zero-order chi connectivity index (χ0) is 13.8. The normalized spacial score (nSPS) is 10.4. The second kappa shape index (κ2) is 5.71. The quantitative estimate of drug-likeness (QED) is 0.800. The van der Waals surface area contributed by atoms with Crippen LogP contribution < -0.4 is 5.32 Å². The molecule has 0 spiro atoms. The first kappa shape index (κ1) is 12.6. The Morgan fingerprint density at radius 1 is 1.20 bits per heavy atom. The number of nitrogens with zero attached hydrogens (tertiary/aromatic N) is 2. The van der Waals surface area contributed by atoms with E-state index in [2.05, 4.69) is 10.4 Å². The van der Waals surface area contributed by atoms with Crippen LogP contribution in [0.2, 0.25) is 0 Å². The van der Waals surface area contributed by atoms with Crippen molar-refractivity contribution in [1.29, 1.82) is 0 Å². The van der Waals surface area contributed by atoms with Crippen molar-refractivity contribution in [3.8, 4) is 5.69 Å². The van der Waals surface area contributed by atoms with Gasteiger partial charge >= 0.3 is 0 Å². The number of benzene rings is 1. The summed E-state index contributed by atoms with van der Waals surface area (Å²) >= 11 is 1.44. The van der Waals surface area contributed by atoms with Gasteiger partial charge in [-0.25, -0.2) is 4.68 Å². The fourth-order valence-electron chi connectivity index (χ4n) is 1.97. The van der Waals surface area contributed by atoms with Gasteiger partial charge in [0.25, 0.3) is 5.91 Å². The fraction of sp³-hybridized carbons (Fsp3) is 0.0667. The molecule has 0 atom stereocenters. The van der Waals surface area contributed by atoms with E-state index in [1.54, 1.807) is 10.9 Å². The van der Waals surface area contributed by atoms with Gasteiger partial charge in [-0.05, 0) is 29.1 Å². The highest BCUT2D eigenvalue weighted by Crippen LogP contribution is 2.14. The minimum Gasteiger partial charge on any atom is -0.347 e. The summed E-state index contributed by atoms with van der Waals surface area (Å²) < 4.78 is 1.80. The minimum atomic E-state index is -0.0460.